The molecule has 0 N–H and O–H groups in total. The van der Waals surface area contributed by atoms with E-state index in [2.05, 4.69) is 4.98 Å². The zero-order valence-electron chi connectivity index (χ0n) is 5.49. The summed E-state index contributed by atoms with van der Waals surface area (Å²) < 4.78 is 36.1. The van der Waals surface area contributed by atoms with Crippen LogP contribution in [0.5, 0.6) is 0 Å². The standard InChI is InChI=1S/C6H2ClF3IN/c7-4-2-1-3(5(11)12-4)6(8,9)10/h1-2H. The van der Waals surface area contributed by atoms with Crippen LogP contribution in [0.15, 0.2) is 12.1 Å². The van der Waals surface area contributed by atoms with E-state index in [1.165, 1.54) is 22.6 Å². The van der Waals surface area contributed by atoms with Gasteiger partial charge in [-0.1, -0.05) is 11.6 Å². The monoisotopic (exact) mass is 307 g/mol. The Morgan fingerprint density at radius 2 is 1.92 bits per heavy atom. The molecule has 12 heavy (non-hydrogen) atoms. The summed E-state index contributed by atoms with van der Waals surface area (Å²) in [6.07, 6.45) is -4.35. The van der Waals surface area contributed by atoms with E-state index in [-0.39, 0.29) is 8.85 Å². The number of pyridine rings is 1. The van der Waals surface area contributed by atoms with Crippen LogP contribution >= 0.6 is 34.2 Å². The Morgan fingerprint density at radius 3 is 2.33 bits per heavy atom. The highest BCUT2D eigenvalue weighted by atomic mass is 127. The van der Waals surface area contributed by atoms with Crippen molar-refractivity contribution in [1.29, 1.82) is 0 Å². The SMILES string of the molecule is FC(F)(F)c1ccc(Cl)nc1I. The lowest BCUT2D eigenvalue weighted by molar-refractivity contribution is -0.138. The van der Waals surface area contributed by atoms with Crippen LogP contribution in [0.25, 0.3) is 0 Å². The van der Waals surface area contributed by atoms with Gasteiger partial charge in [-0.15, -0.1) is 0 Å². The zero-order chi connectivity index (χ0) is 9.35. The van der Waals surface area contributed by atoms with E-state index >= 15 is 0 Å². The molecule has 0 aliphatic rings. The summed E-state index contributed by atoms with van der Waals surface area (Å²) in [5.41, 5.74) is -0.757. The van der Waals surface area contributed by atoms with Crippen LogP contribution in [-0.2, 0) is 6.18 Å². The van der Waals surface area contributed by atoms with Crippen molar-refractivity contribution < 1.29 is 13.2 Å². The molecule has 1 heterocycles. The second-order valence-corrected chi connectivity index (χ2v) is 3.38. The van der Waals surface area contributed by atoms with Crippen LogP contribution in [0.3, 0.4) is 0 Å². The number of aromatic nitrogens is 1. The van der Waals surface area contributed by atoms with E-state index in [1.807, 2.05) is 0 Å². The quantitative estimate of drug-likeness (QED) is 0.529. The molecule has 0 radical (unpaired) electrons. The molecule has 0 fully saturated rings. The maximum absolute atomic E-state index is 12.1. The van der Waals surface area contributed by atoms with Crippen LogP contribution in [0.1, 0.15) is 5.56 Å². The molecule has 1 aromatic heterocycles. The molecule has 0 saturated heterocycles. The van der Waals surface area contributed by atoms with Gasteiger partial charge in [-0.2, -0.15) is 13.2 Å². The Kier molecular flexibility index (Phi) is 2.82. The first kappa shape index (κ1) is 10.0. The van der Waals surface area contributed by atoms with Gasteiger partial charge >= 0.3 is 6.18 Å². The molecule has 0 bridgehead atoms. The van der Waals surface area contributed by atoms with Gasteiger partial charge in [-0.25, -0.2) is 4.98 Å². The Hall–Kier alpha value is -0.0400. The number of hydrogen-bond donors (Lipinski definition) is 0. The molecule has 6 heteroatoms. The lowest BCUT2D eigenvalue weighted by Gasteiger charge is -2.07. The van der Waals surface area contributed by atoms with Gasteiger partial charge in [0.05, 0.1) is 5.56 Å². The van der Waals surface area contributed by atoms with Gasteiger partial charge in [-0.05, 0) is 34.7 Å². The van der Waals surface area contributed by atoms with E-state index in [0.717, 1.165) is 12.1 Å². The second-order valence-electron chi connectivity index (χ2n) is 1.97. The average molecular weight is 307 g/mol. The van der Waals surface area contributed by atoms with Crippen LogP contribution in [-0.4, -0.2) is 4.98 Å². The third-order valence-electron chi connectivity index (χ3n) is 1.12. The molecule has 0 aliphatic heterocycles. The Labute approximate surface area is 85.1 Å². The van der Waals surface area contributed by atoms with Gasteiger partial charge in [0.25, 0.3) is 0 Å². The fourth-order valence-corrected chi connectivity index (χ4v) is 1.66. The fraction of sp³-hybridized carbons (Fsp3) is 0.167. The summed E-state index contributed by atoms with van der Waals surface area (Å²) in [5, 5.41) is 0.0624. The van der Waals surface area contributed by atoms with E-state index in [9.17, 15) is 13.2 Å². The molecule has 0 saturated carbocycles. The molecule has 0 atom stereocenters. The molecular weight excluding hydrogens is 305 g/mol. The largest absolute Gasteiger partial charge is 0.418 e. The summed E-state index contributed by atoms with van der Waals surface area (Å²) >= 11 is 6.88. The number of rotatable bonds is 0. The van der Waals surface area contributed by atoms with Gasteiger partial charge in [-0.3, -0.25) is 0 Å². The minimum Gasteiger partial charge on any atom is -0.230 e. The van der Waals surface area contributed by atoms with Crippen molar-refractivity contribution >= 4 is 34.2 Å². The van der Waals surface area contributed by atoms with E-state index < -0.39 is 11.7 Å². The summed E-state index contributed by atoms with van der Waals surface area (Å²) in [6, 6.07) is 2.03. The Balaban J connectivity index is 3.19. The molecule has 0 unspecified atom stereocenters. The molecule has 0 spiro atoms. The van der Waals surface area contributed by atoms with Crippen LogP contribution in [0.2, 0.25) is 5.15 Å². The van der Waals surface area contributed by atoms with Gasteiger partial charge < -0.3 is 0 Å². The molecule has 0 aliphatic carbocycles. The van der Waals surface area contributed by atoms with Crippen LogP contribution in [0.4, 0.5) is 13.2 Å². The normalized spacial score (nSPS) is 11.8. The zero-order valence-corrected chi connectivity index (χ0v) is 8.41. The lowest BCUT2D eigenvalue weighted by Crippen LogP contribution is -2.08. The number of halogens is 5. The number of hydrogen-bond acceptors (Lipinski definition) is 1. The van der Waals surface area contributed by atoms with Crippen LogP contribution < -0.4 is 0 Å². The molecule has 66 valence electrons. The Morgan fingerprint density at radius 1 is 1.33 bits per heavy atom. The highest BCUT2D eigenvalue weighted by molar-refractivity contribution is 14.1. The molecule has 1 rings (SSSR count). The van der Waals surface area contributed by atoms with E-state index in [0.29, 0.717) is 0 Å². The summed E-state index contributed by atoms with van der Waals surface area (Å²) in [6.45, 7) is 0. The molecule has 0 aromatic carbocycles. The van der Waals surface area contributed by atoms with Gasteiger partial charge in [0, 0.05) is 0 Å². The van der Waals surface area contributed by atoms with Gasteiger partial charge in [0.15, 0.2) is 0 Å². The molecule has 1 nitrogen and oxygen atoms in total. The van der Waals surface area contributed by atoms with Crippen molar-refractivity contribution in [1.82, 2.24) is 4.98 Å². The maximum Gasteiger partial charge on any atom is 0.418 e. The van der Waals surface area contributed by atoms with Gasteiger partial charge in [0.1, 0.15) is 8.85 Å². The average Bonchev–Trinajstić information content (AvgIpc) is 1.83. The highest BCUT2D eigenvalue weighted by Crippen LogP contribution is 2.32. The lowest BCUT2D eigenvalue weighted by atomic mass is 10.3. The molecular formula is C6H2ClF3IN. The topological polar surface area (TPSA) is 12.9 Å². The predicted octanol–water partition coefficient (Wildman–Crippen LogP) is 3.36. The fourth-order valence-electron chi connectivity index (χ4n) is 0.624. The maximum atomic E-state index is 12.1. The van der Waals surface area contributed by atoms with Crippen molar-refractivity contribution in [3.8, 4) is 0 Å². The number of alkyl halides is 3. The predicted molar refractivity (Wildman–Crippen MR) is 47.0 cm³/mol. The first-order valence-electron chi connectivity index (χ1n) is 2.80. The molecule has 0 amide bonds. The Bertz CT molecular complexity index is 299. The molecule has 1 aromatic rings. The highest BCUT2D eigenvalue weighted by Gasteiger charge is 2.33. The van der Waals surface area contributed by atoms with E-state index in [1.54, 1.807) is 0 Å². The summed E-state index contributed by atoms with van der Waals surface area (Å²) in [5.74, 6) is 0. The number of nitrogens with zero attached hydrogens (tertiary/aromatic N) is 1. The van der Waals surface area contributed by atoms with E-state index in [4.69, 9.17) is 11.6 Å². The summed E-state index contributed by atoms with van der Waals surface area (Å²) in [4.78, 5) is 3.47. The minimum atomic E-state index is -4.35. The van der Waals surface area contributed by atoms with Crippen molar-refractivity contribution in [3.63, 3.8) is 0 Å². The third-order valence-corrected chi connectivity index (χ3v) is 2.15. The first-order valence-corrected chi connectivity index (χ1v) is 4.26. The smallest absolute Gasteiger partial charge is 0.230 e. The summed E-state index contributed by atoms with van der Waals surface area (Å²) in [7, 11) is 0. The third kappa shape index (κ3) is 2.22. The van der Waals surface area contributed by atoms with Crippen molar-refractivity contribution in [2.75, 3.05) is 0 Å². The second kappa shape index (κ2) is 3.37. The minimum absolute atomic E-state index is 0.0624. The van der Waals surface area contributed by atoms with Gasteiger partial charge in [0.2, 0.25) is 0 Å². The van der Waals surface area contributed by atoms with Crippen molar-refractivity contribution in [3.05, 3.63) is 26.5 Å². The van der Waals surface area contributed by atoms with Crippen molar-refractivity contribution in [2.45, 2.75) is 6.18 Å². The van der Waals surface area contributed by atoms with Crippen molar-refractivity contribution in [2.24, 2.45) is 0 Å². The first-order chi connectivity index (χ1) is 5.41. The van der Waals surface area contributed by atoms with Crippen LogP contribution in [0, 0.1) is 3.70 Å².